The van der Waals surface area contributed by atoms with E-state index in [1.807, 2.05) is 14.1 Å². The van der Waals surface area contributed by atoms with Gasteiger partial charge in [-0.05, 0) is 52.0 Å². The van der Waals surface area contributed by atoms with E-state index in [0.717, 1.165) is 83.8 Å². The van der Waals surface area contributed by atoms with Gasteiger partial charge in [0, 0.05) is 58.8 Å². The number of hydrogen-bond donors (Lipinski definition) is 2. The van der Waals surface area contributed by atoms with Gasteiger partial charge in [-0.2, -0.15) is 0 Å². The lowest BCUT2D eigenvalue weighted by atomic mass is 9.88. The summed E-state index contributed by atoms with van der Waals surface area (Å²) in [4.78, 5) is 36.0. The largest absolute Gasteiger partial charge is 0.357 e. The van der Waals surface area contributed by atoms with Gasteiger partial charge in [-0.1, -0.05) is 19.3 Å². The third-order valence-corrected chi connectivity index (χ3v) is 7.10. The van der Waals surface area contributed by atoms with E-state index in [2.05, 4.69) is 27.4 Å². The Hall–Kier alpha value is -1.83. The zero-order valence-corrected chi connectivity index (χ0v) is 20.4. The van der Waals surface area contributed by atoms with Crippen LogP contribution in [-0.2, 0) is 9.59 Å². The first kappa shape index (κ1) is 24.8. The molecule has 0 aromatic rings. The summed E-state index contributed by atoms with van der Waals surface area (Å²) in [6.07, 6.45) is 9.77. The van der Waals surface area contributed by atoms with Crippen LogP contribution in [0.1, 0.15) is 64.7 Å². The van der Waals surface area contributed by atoms with Gasteiger partial charge in [0.15, 0.2) is 5.96 Å². The second kappa shape index (κ2) is 12.4. The number of rotatable bonds is 8. The Morgan fingerprint density at radius 1 is 1.03 bits per heavy atom. The molecule has 3 rings (SSSR count). The molecule has 2 aliphatic heterocycles. The molecule has 2 atom stereocenters. The van der Waals surface area contributed by atoms with Crippen LogP contribution in [0.15, 0.2) is 4.99 Å². The maximum atomic E-state index is 12.8. The van der Waals surface area contributed by atoms with E-state index in [4.69, 9.17) is 4.99 Å². The van der Waals surface area contributed by atoms with Gasteiger partial charge in [-0.15, -0.1) is 0 Å². The summed E-state index contributed by atoms with van der Waals surface area (Å²) < 4.78 is 0. The van der Waals surface area contributed by atoms with Crippen LogP contribution in [0.4, 0.5) is 0 Å². The Kier molecular flexibility index (Phi) is 9.63. The Balaban J connectivity index is 1.43. The highest BCUT2D eigenvalue weighted by Crippen LogP contribution is 2.26. The highest BCUT2D eigenvalue weighted by atomic mass is 16.2. The first-order valence-electron chi connectivity index (χ1n) is 12.8. The molecule has 2 unspecified atom stereocenters. The lowest BCUT2D eigenvalue weighted by Gasteiger charge is -2.26. The Bertz CT molecular complexity index is 646. The minimum Gasteiger partial charge on any atom is -0.357 e. The summed E-state index contributed by atoms with van der Waals surface area (Å²) in [6.45, 7) is 7.15. The molecule has 1 aliphatic carbocycles. The fourth-order valence-electron chi connectivity index (χ4n) is 5.34. The number of aliphatic imine (C=N–C) groups is 1. The molecule has 0 aromatic heterocycles. The topological polar surface area (TPSA) is 80.3 Å². The Morgan fingerprint density at radius 2 is 1.81 bits per heavy atom. The van der Waals surface area contributed by atoms with E-state index < -0.39 is 0 Å². The molecule has 8 nitrogen and oxygen atoms in total. The summed E-state index contributed by atoms with van der Waals surface area (Å²) in [5.41, 5.74) is 0. The molecule has 0 aromatic carbocycles. The molecule has 2 N–H and O–H groups in total. The standard InChI is InChI=1S/C24H44N6O2/c1-4-25-24(26-14-9-16-29-15-8-12-21(29)23(32)28(2)3)27-20-13-17-30(18-20)22(31)19-10-6-5-7-11-19/h19-21H,4-18H2,1-3H3,(H2,25,26,27). The van der Waals surface area contributed by atoms with E-state index in [9.17, 15) is 9.59 Å². The lowest BCUT2D eigenvalue weighted by molar-refractivity contribution is -0.135. The van der Waals surface area contributed by atoms with Crippen LogP contribution in [0, 0.1) is 5.92 Å². The minimum absolute atomic E-state index is 0.0338. The molecule has 8 heteroatoms. The third kappa shape index (κ3) is 6.83. The second-order valence-electron chi connectivity index (χ2n) is 9.79. The van der Waals surface area contributed by atoms with Gasteiger partial charge in [0.25, 0.3) is 0 Å². The number of carbonyl (C=O) groups excluding carboxylic acids is 2. The smallest absolute Gasteiger partial charge is 0.239 e. The molecule has 182 valence electrons. The molecule has 2 saturated heterocycles. The molecule has 0 bridgehead atoms. The van der Waals surface area contributed by atoms with Crippen molar-refractivity contribution in [2.75, 3.05) is 53.4 Å². The predicted octanol–water partition coefficient (Wildman–Crippen LogP) is 1.67. The summed E-state index contributed by atoms with van der Waals surface area (Å²) >= 11 is 0. The van der Waals surface area contributed by atoms with Gasteiger partial charge in [-0.25, -0.2) is 0 Å². The van der Waals surface area contributed by atoms with Gasteiger partial charge in [0.1, 0.15) is 0 Å². The van der Waals surface area contributed by atoms with Crippen LogP contribution in [0.25, 0.3) is 0 Å². The van der Waals surface area contributed by atoms with Gasteiger partial charge in [0.05, 0.1) is 6.04 Å². The molecule has 3 aliphatic rings. The number of nitrogens with one attached hydrogen (secondary N) is 2. The van der Waals surface area contributed by atoms with Crippen LogP contribution >= 0.6 is 0 Å². The first-order chi connectivity index (χ1) is 15.5. The van der Waals surface area contributed by atoms with Crippen molar-refractivity contribution in [3.05, 3.63) is 0 Å². The zero-order valence-electron chi connectivity index (χ0n) is 20.4. The summed E-state index contributed by atoms with van der Waals surface area (Å²) in [5.74, 6) is 1.67. The predicted molar refractivity (Wildman–Crippen MR) is 129 cm³/mol. The van der Waals surface area contributed by atoms with Crippen LogP contribution in [0.3, 0.4) is 0 Å². The molecule has 32 heavy (non-hydrogen) atoms. The number of guanidine groups is 1. The van der Waals surface area contributed by atoms with E-state index in [1.165, 1.54) is 19.3 Å². The van der Waals surface area contributed by atoms with Crippen molar-refractivity contribution >= 4 is 17.8 Å². The van der Waals surface area contributed by atoms with E-state index >= 15 is 0 Å². The average molecular weight is 449 g/mol. The van der Waals surface area contributed by atoms with Crippen molar-refractivity contribution in [1.29, 1.82) is 0 Å². The van der Waals surface area contributed by atoms with Crippen LogP contribution in [0.5, 0.6) is 0 Å². The molecule has 0 radical (unpaired) electrons. The third-order valence-electron chi connectivity index (χ3n) is 7.10. The highest BCUT2D eigenvalue weighted by Gasteiger charge is 2.32. The summed E-state index contributed by atoms with van der Waals surface area (Å²) in [5, 5.41) is 6.89. The second-order valence-corrected chi connectivity index (χ2v) is 9.79. The number of hydrogen-bond acceptors (Lipinski definition) is 4. The molecular formula is C24H44N6O2. The molecule has 2 heterocycles. The van der Waals surface area contributed by atoms with Gasteiger partial charge in [-0.3, -0.25) is 19.5 Å². The average Bonchev–Trinajstić information content (AvgIpc) is 3.46. The molecule has 1 saturated carbocycles. The number of carbonyl (C=O) groups is 2. The highest BCUT2D eigenvalue weighted by molar-refractivity contribution is 5.82. The van der Waals surface area contributed by atoms with Crippen LogP contribution in [0.2, 0.25) is 0 Å². The minimum atomic E-state index is 0.0338. The van der Waals surface area contributed by atoms with E-state index in [-0.39, 0.29) is 23.9 Å². The molecule has 0 spiro atoms. The van der Waals surface area contributed by atoms with Crippen molar-refractivity contribution in [2.45, 2.75) is 76.8 Å². The maximum absolute atomic E-state index is 12.8. The first-order valence-corrected chi connectivity index (χ1v) is 12.8. The number of nitrogens with zero attached hydrogens (tertiary/aromatic N) is 4. The maximum Gasteiger partial charge on any atom is 0.239 e. The molecular weight excluding hydrogens is 404 g/mol. The van der Waals surface area contributed by atoms with Gasteiger partial charge >= 0.3 is 0 Å². The zero-order chi connectivity index (χ0) is 22.9. The van der Waals surface area contributed by atoms with E-state index in [1.54, 1.807) is 4.90 Å². The summed E-state index contributed by atoms with van der Waals surface area (Å²) in [7, 11) is 3.68. The lowest BCUT2D eigenvalue weighted by Crippen LogP contribution is -2.45. The van der Waals surface area contributed by atoms with Crippen LogP contribution < -0.4 is 10.6 Å². The van der Waals surface area contributed by atoms with Crippen molar-refractivity contribution in [3.63, 3.8) is 0 Å². The van der Waals surface area contributed by atoms with Crippen molar-refractivity contribution in [2.24, 2.45) is 10.9 Å². The van der Waals surface area contributed by atoms with Gasteiger partial charge < -0.3 is 20.4 Å². The fraction of sp³-hybridized carbons (Fsp3) is 0.875. The SMILES string of the molecule is CCNC(=NCCCN1CCCC1C(=O)N(C)C)NC1CCN(C(=O)C2CCCCC2)C1. The van der Waals surface area contributed by atoms with Crippen molar-refractivity contribution in [3.8, 4) is 0 Å². The van der Waals surface area contributed by atoms with Crippen LogP contribution in [-0.4, -0.2) is 97.9 Å². The van der Waals surface area contributed by atoms with Gasteiger partial charge in [0.2, 0.25) is 11.8 Å². The Morgan fingerprint density at radius 3 is 2.53 bits per heavy atom. The summed E-state index contributed by atoms with van der Waals surface area (Å²) in [6, 6.07) is 0.299. The molecule has 3 fully saturated rings. The molecule has 2 amide bonds. The Labute approximate surface area is 194 Å². The number of likely N-dealkylation sites (N-methyl/N-ethyl adjacent to an activating group) is 1. The fourth-order valence-corrected chi connectivity index (χ4v) is 5.34. The van der Waals surface area contributed by atoms with E-state index in [0.29, 0.717) is 5.91 Å². The normalized spacial score (nSPS) is 25.2. The number of likely N-dealkylation sites (tertiary alicyclic amines) is 2. The quantitative estimate of drug-likeness (QED) is 0.335. The number of amides is 2. The monoisotopic (exact) mass is 448 g/mol. The van der Waals surface area contributed by atoms with Crippen molar-refractivity contribution in [1.82, 2.24) is 25.3 Å². The van der Waals surface area contributed by atoms with Crippen molar-refractivity contribution < 1.29 is 9.59 Å².